The largest absolute Gasteiger partial charge is 0.491 e. The molecule has 0 aliphatic rings. The Balaban J connectivity index is 2.45. The van der Waals surface area contributed by atoms with Gasteiger partial charge in [-0.1, -0.05) is 31.5 Å². The van der Waals surface area contributed by atoms with Crippen molar-refractivity contribution in [3.05, 3.63) is 29.3 Å². The lowest BCUT2D eigenvalue weighted by atomic mass is 10.1. The van der Waals surface area contributed by atoms with E-state index in [4.69, 9.17) is 9.47 Å². The number of hydrogen-bond acceptors (Lipinski definition) is 3. The number of aryl methyl sites for hydroxylation is 1. The van der Waals surface area contributed by atoms with E-state index in [1.54, 1.807) is 0 Å². The van der Waals surface area contributed by atoms with Gasteiger partial charge in [-0.2, -0.15) is 0 Å². The lowest BCUT2D eigenvalue weighted by Gasteiger charge is -2.13. The molecule has 0 aliphatic heterocycles. The molecule has 0 spiro atoms. The van der Waals surface area contributed by atoms with Crippen LogP contribution >= 0.6 is 0 Å². The van der Waals surface area contributed by atoms with Gasteiger partial charge in [0.15, 0.2) is 0 Å². The topological polar surface area (TPSA) is 30.5 Å². The summed E-state index contributed by atoms with van der Waals surface area (Å²) in [6.07, 6.45) is 2.20. The molecule has 19 heavy (non-hydrogen) atoms. The third-order valence-corrected chi connectivity index (χ3v) is 2.79. The highest BCUT2D eigenvalue weighted by Gasteiger charge is 2.04. The van der Waals surface area contributed by atoms with Gasteiger partial charge in [0, 0.05) is 18.7 Å². The summed E-state index contributed by atoms with van der Waals surface area (Å²) >= 11 is 0. The first kappa shape index (κ1) is 16.0. The summed E-state index contributed by atoms with van der Waals surface area (Å²) in [5.41, 5.74) is 2.49. The van der Waals surface area contributed by atoms with Crippen molar-refractivity contribution in [3.8, 4) is 5.75 Å². The van der Waals surface area contributed by atoms with E-state index < -0.39 is 0 Å². The number of benzene rings is 1. The molecule has 0 radical (unpaired) electrons. The van der Waals surface area contributed by atoms with Crippen LogP contribution in [0.25, 0.3) is 0 Å². The fraction of sp³-hybridized carbons (Fsp3) is 0.625. The molecule has 0 fully saturated rings. The normalized spacial score (nSPS) is 10.7. The summed E-state index contributed by atoms with van der Waals surface area (Å²) in [5, 5.41) is 3.42. The monoisotopic (exact) mass is 265 g/mol. The van der Waals surface area contributed by atoms with E-state index in [1.165, 1.54) is 11.1 Å². The Labute approximate surface area is 117 Å². The van der Waals surface area contributed by atoms with Crippen molar-refractivity contribution in [2.75, 3.05) is 26.4 Å². The summed E-state index contributed by atoms with van der Waals surface area (Å²) in [4.78, 5) is 0. The zero-order valence-corrected chi connectivity index (χ0v) is 12.5. The Kier molecular flexibility index (Phi) is 8.26. The second-order valence-electron chi connectivity index (χ2n) is 4.75. The molecule has 0 aromatic heterocycles. The number of hydrogen-bond donors (Lipinski definition) is 1. The van der Waals surface area contributed by atoms with E-state index in [9.17, 15) is 0 Å². The van der Waals surface area contributed by atoms with Crippen LogP contribution in [0.15, 0.2) is 18.2 Å². The van der Waals surface area contributed by atoms with Crippen LogP contribution in [0.1, 0.15) is 37.8 Å². The van der Waals surface area contributed by atoms with Crippen molar-refractivity contribution in [2.45, 2.75) is 40.2 Å². The Hall–Kier alpha value is -1.06. The van der Waals surface area contributed by atoms with E-state index in [1.807, 2.05) is 0 Å². The molecule has 1 aromatic carbocycles. The summed E-state index contributed by atoms with van der Waals surface area (Å²) in [5.74, 6) is 0.967. The first-order chi connectivity index (χ1) is 9.27. The number of rotatable bonds is 10. The van der Waals surface area contributed by atoms with Gasteiger partial charge in [-0.05, 0) is 32.4 Å². The van der Waals surface area contributed by atoms with Crippen molar-refractivity contribution in [1.82, 2.24) is 5.32 Å². The maximum Gasteiger partial charge on any atom is 0.123 e. The van der Waals surface area contributed by atoms with Gasteiger partial charge in [-0.25, -0.2) is 0 Å². The maximum absolute atomic E-state index is 5.80. The number of ether oxygens (including phenoxy) is 2. The maximum atomic E-state index is 5.80. The minimum atomic E-state index is 0.615. The average molecular weight is 265 g/mol. The Morgan fingerprint density at radius 1 is 1.05 bits per heavy atom. The standard InChI is InChI=1S/C16H27NO2/c1-4-8-17-13-15-12-14(3)6-7-16(15)19-11-10-18-9-5-2/h6-7,12,17H,4-5,8-11,13H2,1-3H3. The van der Waals surface area contributed by atoms with Crippen LogP contribution in [0.4, 0.5) is 0 Å². The quantitative estimate of drug-likeness (QED) is 0.658. The van der Waals surface area contributed by atoms with E-state index in [2.05, 4.69) is 44.3 Å². The summed E-state index contributed by atoms with van der Waals surface area (Å²) < 4.78 is 11.2. The lowest BCUT2D eigenvalue weighted by molar-refractivity contribution is 0.100. The molecule has 0 aliphatic carbocycles. The first-order valence-corrected chi connectivity index (χ1v) is 7.28. The molecular weight excluding hydrogens is 238 g/mol. The molecule has 0 atom stereocenters. The highest BCUT2D eigenvalue weighted by molar-refractivity contribution is 5.36. The van der Waals surface area contributed by atoms with Gasteiger partial charge in [0.05, 0.1) is 6.61 Å². The molecule has 108 valence electrons. The van der Waals surface area contributed by atoms with Crippen molar-refractivity contribution in [2.24, 2.45) is 0 Å². The van der Waals surface area contributed by atoms with Gasteiger partial charge >= 0.3 is 0 Å². The summed E-state index contributed by atoms with van der Waals surface area (Å²) in [6, 6.07) is 6.33. The molecule has 0 unspecified atom stereocenters. The molecule has 0 heterocycles. The molecule has 1 rings (SSSR count). The molecule has 1 N–H and O–H groups in total. The molecular formula is C16H27NO2. The van der Waals surface area contributed by atoms with Crippen molar-refractivity contribution >= 4 is 0 Å². The zero-order chi connectivity index (χ0) is 13.9. The molecule has 3 nitrogen and oxygen atoms in total. The van der Waals surface area contributed by atoms with Crippen molar-refractivity contribution in [1.29, 1.82) is 0 Å². The average Bonchev–Trinajstić information content (AvgIpc) is 2.41. The predicted octanol–water partition coefficient (Wildman–Crippen LogP) is 3.30. The molecule has 3 heteroatoms. The molecule has 1 aromatic rings. The van der Waals surface area contributed by atoms with E-state index in [-0.39, 0.29) is 0 Å². The number of nitrogens with one attached hydrogen (secondary N) is 1. The second kappa shape index (κ2) is 9.82. The Bertz CT molecular complexity index is 353. The minimum absolute atomic E-state index is 0.615. The minimum Gasteiger partial charge on any atom is -0.491 e. The van der Waals surface area contributed by atoms with E-state index in [0.717, 1.165) is 38.3 Å². The van der Waals surface area contributed by atoms with Crippen LogP contribution in [-0.4, -0.2) is 26.4 Å². The summed E-state index contributed by atoms with van der Waals surface area (Å²) in [7, 11) is 0. The fourth-order valence-electron chi connectivity index (χ4n) is 1.84. The van der Waals surface area contributed by atoms with Gasteiger partial charge < -0.3 is 14.8 Å². The second-order valence-corrected chi connectivity index (χ2v) is 4.75. The van der Waals surface area contributed by atoms with Gasteiger partial charge in [0.25, 0.3) is 0 Å². The first-order valence-electron chi connectivity index (χ1n) is 7.28. The Morgan fingerprint density at radius 2 is 1.89 bits per heavy atom. The van der Waals surface area contributed by atoms with Crippen molar-refractivity contribution < 1.29 is 9.47 Å². The van der Waals surface area contributed by atoms with Gasteiger partial charge in [-0.15, -0.1) is 0 Å². The van der Waals surface area contributed by atoms with Crippen LogP contribution in [0.5, 0.6) is 5.75 Å². The van der Waals surface area contributed by atoms with Crippen LogP contribution in [0.2, 0.25) is 0 Å². The lowest BCUT2D eigenvalue weighted by Crippen LogP contribution is -2.15. The summed E-state index contributed by atoms with van der Waals surface area (Å²) in [6.45, 7) is 10.4. The predicted molar refractivity (Wildman–Crippen MR) is 79.8 cm³/mol. The van der Waals surface area contributed by atoms with Crippen LogP contribution < -0.4 is 10.1 Å². The van der Waals surface area contributed by atoms with Crippen molar-refractivity contribution in [3.63, 3.8) is 0 Å². The van der Waals surface area contributed by atoms with Crippen LogP contribution in [-0.2, 0) is 11.3 Å². The third kappa shape index (κ3) is 6.60. The zero-order valence-electron chi connectivity index (χ0n) is 12.5. The highest BCUT2D eigenvalue weighted by atomic mass is 16.5. The molecule has 0 bridgehead atoms. The van der Waals surface area contributed by atoms with Gasteiger partial charge in [0.2, 0.25) is 0 Å². The SMILES string of the molecule is CCCNCc1cc(C)ccc1OCCOCCC. The van der Waals surface area contributed by atoms with E-state index in [0.29, 0.717) is 13.2 Å². The molecule has 0 saturated heterocycles. The van der Waals surface area contributed by atoms with Gasteiger partial charge in [0.1, 0.15) is 12.4 Å². The van der Waals surface area contributed by atoms with Crippen LogP contribution in [0.3, 0.4) is 0 Å². The van der Waals surface area contributed by atoms with Gasteiger partial charge in [-0.3, -0.25) is 0 Å². The highest BCUT2D eigenvalue weighted by Crippen LogP contribution is 2.19. The molecule has 0 saturated carbocycles. The third-order valence-electron chi connectivity index (χ3n) is 2.79. The smallest absolute Gasteiger partial charge is 0.123 e. The van der Waals surface area contributed by atoms with Crippen LogP contribution in [0, 0.1) is 6.92 Å². The van der Waals surface area contributed by atoms with E-state index >= 15 is 0 Å². The molecule has 0 amide bonds. The Morgan fingerprint density at radius 3 is 2.63 bits per heavy atom. The fourth-order valence-corrected chi connectivity index (χ4v) is 1.84.